The van der Waals surface area contributed by atoms with E-state index >= 15 is 0 Å². The van der Waals surface area contributed by atoms with Crippen LogP contribution in [0.5, 0.6) is 0 Å². The van der Waals surface area contributed by atoms with Crippen molar-refractivity contribution in [3.63, 3.8) is 0 Å². The van der Waals surface area contributed by atoms with Gasteiger partial charge in [-0.2, -0.15) is 4.31 Å². The minimum Gasteiger partial charge on any atom is -0.336 e. The summed E-state index contributed by atoms with van der Waals surface area (Å²) < 4.78 is 29.2. The first-order chi connectivity index (χ1) is 12.8. The maximum atomic E-state index is 12.9. The van der Waals surface area contributed by atoms with Crippen LogP contribution in [0.1, 0.15) is 25.8 Å². The minimum atomic E-state index is -3.51. The summed E-state index contributed by atoms with van der Waals surface area (Å²) in [5, 5.41) is 0.160. The highest BCUT2D eigenvalue weighted by Crippen LogP contribution is 2.24. The highest BCUT2D eigenvalue weighted by Gasteiger charge is 2.34. The van der Waals surface area contributed by atoms with E-state index in [1.807, 2.05) is 16.8 Å². The summed E-state index contributed by atoms with van der Waals surface area (Å²) in [6.45, 7) is 7.76. The number of pyridine rings is 1. The zero-order valence-corrected chi connectivity index (χ0v) is 17.1. The summed E-state index contributed by atoms with van der Waals surface area (Å²) in [5.41, 5.74) is 1.16. The smallest absolute Gasteiger partial charge is 0.262 e. The van der Waals surface area contributed by atoms with E-state index in [9.17, 15) is 8.42 Å². The van der Waals surface area contributed by atoms with Crippen LogP contribution in [0.2, 0.25) is 0 Å². The van der Waals surface area contributed by atoms with Crippen molar-refractivity contribution in [3.8, 4) is 0 Å². The number of rotatable bonds is 8. The van der Waals surface area contributed by atoms with Gasteiger partial charge in [-0.3, -0.25) is 4.98 Å². The lowest BCUT2D eigenvalue weighted by Gasteiger charge is -2.21. The van der Waals surface area contributed by atoms with Gasteiger partial charge in [0.05, 0.1) is 6.33 Å². The van der Waals surface area contributed by atoms with Crippen molar-refractivity contribution < 1.29 is 8.42 Å². The number of imidazole rings is 1. The number of nitrogens with zero attached hydrogens (tertiary/aromatic N) is 5. The molecule has 0 radical (unpaired) electrons. The van der Waals surface area contributed by atoms with Gasteiger partial charge in [0.2, 0.25) is 0 Å². The van der Waals surface area contributed by atoms with Crippen LogP contribution in [0.4, 0.5) is 0 Å². The Balaban J connectivity index is 1.57. The van der Waals surface area contributed by atoms with Crippen molar-refractivity contribution in [3.05, 3.63) is 42.6 Å². The maximum absolute atomic E-state index is 12.9. The van der Waals surface area contributed by atoms with Gasteiger partial charge in [-0.1, -0.05) is 19.9 Å². The molecule has 1 unspecified atom stereocenters. The molecule has 1 fully saturated rings. The molecule has 1 aliphatic rings. The second-order valence-corrected chi connectivity index (χ2v) is 9.76. The van der Waals surface area contributed by atoms with Crippen molar-refractivity contribution in [1.82, 2.24) is 23.7 Å². The molecule has 8 heteroatoms. The van der Waals surface area contributed by atoms with Crippen molar-refractivity contribution in [2.45, 2.75) is 38.4 Å². The molecule has 0 spiro atoms. The van der Waals surface area contributed by atoms with Crippen LogP contribution in [0.15, 0.2) is 42.1 Å². The van der Waals surface area contributed by atoms with Crippen LogP contribution in [0.3, 0.4) is 0 Å². The van der Waals surface area contributed by atoms with E-state index in [4.69, 9.17) is 0 Å². The third-order valence-electron chi connectivity index (χ3n) is 4.78. The Morgan fingerprint density at radius 3 is 2.89 bits per heavy atom. The molecule has 2 aromatic rings. The van der Waals surface area contributed by atoms with E-state index in [0.717, 1.165) is 31.6 Å². The summed E-state index contributed by atoms with van der Waals surface area (Å²) >= 11 is 0. The molecule has 0 saturated carbocycles. The molecule has 1 atom stereocenters. The molecular weight excluding hydrogens is 362 g/mol. The van der Waals surface area contributed by atoms with Gasteiger partial charge in [0.15, 0.2) is 5.03 Å². The average molecular weight is 392 g/mol. The van der Waals surface area contributed by atoms with Crippen LogP contribution in [-0.2, 0) is 23.1 Å². The summed E-state index contributed by atoms with van der Waals surface area (Å²) in [7, 11) is -1.44. The predicted octanol–water partition coefficient (Wildman–Crippen LogP) is 2.08. The SMILES string of the molecule is CC(C)Cn1cnc(S(=O)(=O)N2CCC(CN(C)Cc3cccnc3)C2)c1. The summed E-state index contributed by atoms with van der Waals surface area (Å²) in [5.74, 6) is 0.778. The molecule has 0 bridgehead atoms. The highest BCUT2D eigenvalue weighted by molar-refractivity contribution is 7.89. The Kier molecular flexibility index (Phi) is 6.29. The average Bonchev–Trinajstić information content (AvgIpc) is 3.25. The lowest BCUT2D eigenvalue weighted by molar-refractivity contribution is 0.273. The Morgan fingerprint density at radius 2 is 2.19 bits per heavy atom. The molecule has 148 valence electrons. The van der Waals surface area contributed by atoms with Crippen LogP contribution in [0, 0.1) is 11.8 Å². The van der Waals surface area contributed by atoms with Gasteiger partial charge < -0.3 is 9.47 Å². The van der Waals surface area contributed by atoms with E-state index < -0.39 is 10.0 Å². The first kappa shape index (κ1) is 20.0. The molecule has 27 heavy (non-hydrogen) atoms. The third-order valence-corrected chi connectivity index (χ3v) is 6.53. The summed E-state index contributed by atoms with van der Waals surface area (Å²) in [6, 6.07) is 3.99. The second-order valence-electron chi connectivity index (χ2n) is 7.88. The first-order valence-electron chi connectivity index (χ1n) is 9.44. The lowest BCUT2D eigenvalue weighted by Crippen LogP contribution is -2.31. The number of aromatic nitrogens is 3. The molecule has 2 aromatic heterocycles. The van der Waals surface area contributed by atoms with Crippen molar-refractivity contribution in [2.75, 3.05) is 26.7 Å². The molecule has 0 N–H and O–H groups in total. The van der Waals surface area contributed by atoms with E-state index in [-0.39, 0.29) is 5.03 Å². The largest absolute Gasteiger partial charge is 0.336 e. The van der Waals surface area contributed by atoms with Gasteiger partial charge in [-0.15, -0.1) is 0 Å². The molecule has 1 aliphatic heterocycles. The van der Waals surface area contributed by atoms with Gasteiger partial charge in [0, 0.05) is 51.3 Å². The van der Waals surface area contributed by atoms with Gasteiger partial charge >= 0.3 is 0 Å². The maximum Gasteiger partial charge on any atom is 0.262 e. The highest BCUT2D eigenvalue weighted by atomic mass is 32.2. The monoisotopic (exact) mass is 391 g/mol. The molecule has 7 nitrogen and oxygen atoms in total. The molecule has 0 aromatic carbocycles. The van der Waals surface area contributed by atoms with Gasteiger partial charge in [0.25, 0.3) is 10.0 Å². The Morgan fingerprint density at radius 1 is 1.37 bits per heavy atom. The Hall–Kier alpha value is -1.77. The molecule has 3 rings (SSSR count). The number of hydrogen-bond donors (Lipinski definition) is 0. The van der Waals surface area contributed by atoms with E-state index in [2.05, 4.69) is 41.8 Å². The topological polar surface area (TPSA) is 71.3 Å². The third kappa shape index (κ3) is 5.15. The quantitative estimate of drug-likeness (QED) is 0.689. The fourth-order valence-corrected chi connectivity index (χ4v) is 5.07. The number of hydrogen-bond acceptors (Lipinski definition) is 5. The zero-order valence-electron chi connectivity index (χ0n) is 16.3. The summed E-state index contributed by atoms with van der Waals surface area (Å²) in [4.78, 5) is 10.5. The van der Waals surface area contributed by atoms with E-state index in [1.165, 1.54) is 0 Å². The second kappa shape index (κ2) is 8.50. The van der Waals surface area contributed by atoms with Crippen LogP contribution < -0.4 is 0 Å². The fraction of sp³-hybridized carbons (Fsp3) is 0.579. The van der Waals surface area contributed by atoms with Gasteiger partial charge in [-0.25, -0.2) is 13.4 Å². The van der Waals surface area contributed by atoms with E-state index in [0.29, 0.717) is 24.9 Å². The molecular formula is C19H29N5O2S. The standard InChI is InChI=1S/C19H29N5O2S/c1-16(2)10-23-14-19(21-15-23)27(25,26)24-8-6-18(13-24)12-22(3)11-17-5-4-7-20-9-17/h4-5,7,9,14-16,18H,6,8,10-13H2,1-3H3. The van der Waals surface area contributed by atoms with Crippen molar-refractivity contribution in [2.24, 2.45) is 11.8 Å². The molecule has 1 saturated heterocycles. The van der Waals surface area contributed by atoms with E-state index in [1.54, 1.807) is 23.0 Å². The first-order valence-corrected chi connectivity index (χ1v) is 10.9. The van der Waals surface area contributed by atoms with Crippen molar-refractivity contribution in [1.29, 1.82) is 0 Å². The zero-order chi connectivity index (χ0) is 19.4. The van der Waals surface area contributed by atoms with Gasteiger partial charge in [0.1, 0.15) is 0 Å². The predicted molar refractivity (Wildman–Crippen MR) is 105 cm³/mol. The Labute approximate surface area is 162 Å². The minimum absolute atomic E-state index is 0.160. The molecule has 0 aliphatic carbocycles. The number of sulfonamides is 1. The molecule has 3 heterocycles. The summed E-state index contributed by atoms with van der Waals surface area (Å²) in [6.07, 6.45) is 7.78. The van der Waals surface area contributed by atoms with Crippen molar-refractivity contribution >= 4 is 10.0 Å². The normalized spacial score (nSPS) is 18.6. The fourth-order valence-electron chi connectivity index (χ4n) is 3.60. The van der Waals surface area contributed by atoms with Crippen LogP contribution in [-0.4, -0.2) is 58.8 Å². The van der Waals surface area contributed by atoms with Crippen LogP contribution >= 0.6 is 0 Å². The Bertz CT molecular complexity index is 835. The van der Waals surface area contributed by atoms with Crippen LogP contribution in [0.25, 0.3) is 0 Å². The lowest BCUT2D eigenvalue weighted by atomic mass is 10.1. The molecule has 0 amide bonds. The van der Waals surface area contributed by atoms with Gasteiger partial charge in [-0.05, 0) is 36.9 Å².